The smallest absolute Gasteiger partial charge is 0.326 e. The van der Waals surface area contributed by atoms with Crippen molar-refractivity contribution >= 4 is 16.2 Å². The van der Waals surface area contributed by atoms with Crippen LogP contribution in [0.2, 0.25) is 0 Å². The summed E-state index contributed by atoms with van der Waals surface area (Å²) in [6.45, 7) is 5.44. The highest BCUT2D eigenvalue weighted by atomic mass is 32.2. The summed E-state index contributed by atoms with van der Waals surface area (Å²) in [5.74, 6) is 0. The van der Waals surface area contributed by atoms with Gasteiger partial charge in [-0.05, 0) is 32.7 Å². The largest absolute Gasteiger partial charge is 0.351 e. The normalized spacial score (nSPS) is 21.9. The van der Waals surface area contributed by atoms with E-state index >= 15 is 0 Å². The summed E-state index contributed by atoms with van der Waals surface area (Å²) in [5, 5.41) is 3.39. The number of nitrogens with one attached hydrogen (secondary N) is 2. The summed E-state index contributed by atoms with van der Waals surface area (Å²) in [6, 6.07) is -1.13. The molecule has 124 valence electrons. The highest BCUT2D eigenvalue weighted by Crippen LogP contribution is 2.22. The molecule has 0 aromatic heterocycles. The summed E-state index contributed by atoms with van der Waals surface area (Å²) in [6.07, 6.45) is 5.99. The number of unbranched alkanes of at least 4 members (excludes halogenated alkanes) is 2. The van der Waals surface area contributed by atoms with E-state index in [0.29, 0.717) is 6.54 Å². The van der Waals surface area contributed by atoms with Crippen LogP contribution in [0.3, 0.4) is 0 Å². The van der Waals surface area contributed by atoms with Gasteiger partial charge in [-0.3, -0.25) is 0 Å². The number of rotatable bonds is 8. The quantitative estimate of drug-likeness (QED) is 0.578. The number of nitrogens with two attached hydrogens (primary N) is 1. The van der Waals surface area contributed by atoms with E-state index in [1.54, 1.807) is 0 Å². The minimum absolute atomic E-state index is 0.0478. The number of hydrogen-bond donors (Lipinski definition) is 3. The first-order chi connectivity index (χ1) is 9.88. The van der Waals surface area contributed by atoms with Gasteiger partial charge in [0, 0.05) is 18.6 Å². The van der Waals surface area contributed by atoms with Gasteiger partial charge < -0.3 is 11.1 Å². The molecule has 1 saturated heterocycles. The predicted octanol–water partition coefficient (Wildman–Crippen LogP) is 0.922. The van der Waals surface area contributed by atoms with Crippen LogP contribution in [-0.2, 0) is 10.2 Å². The van der Waals surface area contributed by atoms with Gasteiger partial charge in [0.15, 0.2) is 0 Å². The second kappa shape index (κ2) is 8.55. The Bertz CT molecular complexity index is 427. The number of urea groups is 1. The van der Waals surface area contributed by atoms with Crippen LogP contribution in [0.4, 0.5) is 4.79 Å². The molecule has 21 heavy (non-hydrogen) atoms. The van der Waals surface area contributed by atoms with E-state index in [4.69, 9.17) is 5.73 Å². The first kappa shape index (κ1) is 18.2. The summed E-state index contributed by atoms with van der Waals surface area (Å²) in [5.41, 5.74) is 4.95. The van der Waals surface area contributed by atoms with Crippen LogP contribution in [0.5, 0.6) is 0 Å². The van der Waals surface area contributed by atoms with Crippen molar-refractivity contribution in [1.29, 1.82) is 0 Å². The number of primary amides is 1. The van der Waals surface area contributed by atoms with Crippen LogP contribution >= 0.6 is 0 Å². The number of carbonyl (C=O) groups excluding carboxylic acids is 1. The fraction of sp³-hybridized carbons (Fsp3) is 0.923. The number of amides is 2. The fourth-order valence-electron chi connectivity index (χ4n) is 2.76. The van der Waals surface area contributed by atoms with Gasteiger partial charge in [0.2, 0.25) is 0 Å². The van der Waals surface area contributed by atoms with Gasteiger partial charge in [-0.1, -0.05) is 26.2 Å². The van der Waals surface area contributed by atoms with Crippen molar-refractivity contribution < 1.29 is 13.2 Å². The fourth-order valence-corrected chi connectivity index (χ4v) is 4.14. The Kier molecular flexibility index (Phi) is 7.41. The van der Waals surface area contributed by atoms with Gasteiger partial charge in [-0.2, -0.15) is 12.7 Å². The van der Waals surface area contributed by atoms with Gasteiger partial charge in [0.25, 0.3) is 0 Å². The number of hydrogen-bond acceptors (Lipinski definition) is 4. The Hall–Kier alpha value is -0.860. The van der Waals surface area contributed by atoms with Crippen LogP contribution in [-0.4, -0.2) is 43.9 Å². The average Bonchev–Trinajstić information content (AvgIpc) is 2.42. The summed E-state index contributed by atoms with van der Waals surface area (Å²) in [4.78, 5) is 10.9. The molecule has 2 unspecified atom stereocenters. The van der Waals surface area contributed by atoms with Crippen molar-refractivity contribution in [1.82, 2.24) is 14.3 Å². The topological polar surface area (TPSA) is 105 Å². The van der Waals surface area contributed by atoms with Crippen molar-refractivity contribution in [2.75, 3.05) is 13.1 Å². The third kappa shape index (κ3) is 5.80. The Morgan fingerprint density at radius 3 is 2.71 bits per heavy atom. The van der Waals surface area contributed by atoms with Crippen LogP contribution < -0.4 is 15.8 Å². The van der Waals surface area contributed by atoms with Crippen molar-refractivity contribution in [3.05, 3.63) is 0 Å². The molecule has 0 aliphatic carbocycles. The molecule has 0 saturated carbocycles. The Morgan fingerprint density at radius 2 is 2.10 bits per heavy atom. The third-order valence-electron chi connectivity index (χ3n) is 3.86. The zero-order valence-electron chi connectivity index (χ0n) is 13.0. The molecule has 0 aromatic rings. The molecule has 0 spiro atoms. The maximum atomic E-state index is 12.2. The lowest BCUT2D eigenvalue weighted by molar-refractivity contribution is 0.205. The third-order valence-corrected chi connectivity index (χ3v) is 5.39. The predicted molar refractivity (Wildman–Crippen MR) is 83.0 cm³/mol. The number of nitrogens with zero attached hydrogens (tertiary/aromatic N) is 1. The first-order valence-electron chi connectivity index (χ1n) is 7.71. The van der Waals surface area contributed by atoms with Crippen molar-refractivity contribution in [2.24, 2.45) is 5.73 Å². The second-order valence-corrected chi connectivity index (χ2v) is 7.22. The van der Waals surface area contributed by atoms with Gasteiger partial charge >= 0.3 is 16.2 Å². The van der Waals surface area contributed by atoms with Crippen LogP contribution in [0, 0.1) is 0 Å². The highest BCUT2D eigenvalue weighted by Gasteiger charge is 2.35. The lowest BCUT2D eigenvalue weighted by Crippen LogP contribution is -2.57. The number of carbonyl (C=O) groups is 1. The minimum atomic E-state index is -3.84. The van der Waals surface area contributed by atoms with Crippen molar-refractivity contribution in [2.45, 2.75) is 64.5 Å². The SMILES string of the molecule is CCCCCNC(C)C1CCCCN1S(=O)(=O)NC(N)=O. The van der Waals surface area contributed by atoms with E-state index in [0.717, 1.165) is 45.1 Å². The molecule has 2 atom stereocenters. The van der Waals surface area contributed by atoms with Crippen LogP contribution in [0.25, 0.3) is 0 Å². The minimum Gasteiger partial charge on any atom is -0.351 e. The second-order valence-electron chi connectivity index (χ2n) is 5.60. The van der Waals surface area contributed by atoms with Crippen molar-refractivity contribution in [3.63, 3.8) is 0 Å². The van der Waals surface area contributed by atoms with Crippen LogP contribution in [0.1, 0.15) is 52.4 Å². The summed E-state index contributed by atoms with van der Waals surface area (Å²) >= 11 is 0. The molecule has 1 aliphatic rings. The van der Waals surface area contributed by atoms with Crippen LogP contribution in [0.15, 0.2) is 0 Å². The molecule has 1 heterocycles. The van der Waals surface area contributed by atoms with E-state index < -0.39 is 16.2 Å². The first-order valence-corrected chi connectivity index (χ1v) is 9.15. The molecular weight excluding hydrogens is 292 g/mol. The van der Waals surface area contributed by atoms with Gasteiger partial charge in [0.05, 0.1) is 0 Å². The molecule has 0 radical (unpaired) electrons. The van der Waals surface area contributed by atoms with E-state index in [2.05, 4.69) is 12.2 Å². The van der Waals surface area contributed by atoms with Gasteiger partial charge in [-0.15, -0.1) is 0 Å². The molecular formula is C13H28N4O3S. The van der Waals surface area contributed by atoms with Crippen molar-refractivity contribution in [3.8, 4) is 0 Å². The lowest BCUT2D eigenvalue weighted by Gasteiger charge is -2.38. The molecule has 1 aliphatic heterocycles. The molecule has 1 rings (SSSR count). The molecule has 0 aromatic carbocycles. The molecule has 1 fully saturated rings. The molecule has 8 heteroatoms. The molecule has 2 amide bonds. The molecule has 0 bridgehead atoms. The zero-order chi connectivity index (χ0) is 15.9. The maximum Gasteiger partial charge on any atom is 0.326 e. The number of piperidine rings is 1. The lowest BCUT2D eigenvalue weighted by atomic mass is 9.99. The highest BCUT2D eigenvalue weighted by molar-refractivity contribution is 7.87. The summed E-state index contributed by atoms with van der Waals surface area (Å²) in [7, 11) is -3.84. The van der Waals surface area contributed by atoms with E-state index in [1.807, 2.05) is 11.6 Å². The van der Waals surface area contributed by atoms with E-state index in [1.165, 1.54) is 4.31 Å². The van der Waals surface area contributed by atoms with Gasteiger partial charge in [0.1, 0.15) is 0 Å². The molecule has 4 N–H and O–H groups in total. The Balaban J connectivity index is 2.66. The summed E-state index contributed by atoms with van der Waals surface area (Å²) < 4.78 is 27.6. The van der Waals surface area contributed by atoms with E-state index in [9.17, 15) is 13.2 Å². The molecule has 7 nitrogen and oxygen atoms in total. The Morgan fingerprint density at radius 1 is 1.38 bits per heavy atom. The van der Waals surface area contributed by atoms with Gasteiger partial charge in [-0.25, -0.2) is 9.52 Å². The maximum absolute atomic E-state index is 12.2. The van der Waals surface area contributed by atoms with E-state index in [-0.39, 0.29) is 12.1 Å². The monoisotopic (exact) mass is 320 g/mol. The zero-order valence-corrected chi connectivity index (χ0v) is 13.8. The standard InChI is InChI=1S/C13H28N4O3S/c1-3-4-6-9-15-11(2)12-8-5-7-10-17(12)21(19,20)16-13(14)18/h11-12,15H,3-10H2,1-2H3,(H3,14,16,18). The Labute approximate surface area is 127 Å². The average molecular weight is 320 g/mol.